The Bertz CT molecular complexity index is 1130. The number of rotatable bonds is 3. The highest BCUT2D eigenvalue weighted by Gasteiger charge is 2.16. The fraction of sp³-hybridized carbons (Fsp3) is 0.0667. The number of oxazole rings is 1. The number of nitrogens with zero attached hydrogens (tertiary/aromatic N) is 2. The third-order valence-electron chi connectivity index (χ3n) is 3.47. The van der Waals surface area contributed by atoms with Crippen molar-refractivity contribution in [1.82, 2.24) is 15.2 Å². The molecule has 2 N–H and O–H groups in total. The van der Waals surface area contributed by atoms with Crippen LogP contribution >= 0.6 is 0 Å². The van der Waals surface area contributed by atoms with Crippen molar-refractivity contribution >= 4 is 37.7 Å². The summed E-state index contributed by atoms with van der Waals surface area (Å²) in [7, 11) is -3.72. The van der Waals surface area contributed by atoms with Gasteiger partial charge in [-0.15, -0.1) is 0 Å². The Balaban J connectivity index is 1.72. The summed E-state index contributed by atoms with van der Waals surface area (Å²) in [5.41, 5.74) is 2.27. The Morgan fingerprint density at radius 1 is 1.17 bits per heavy atom. The highest BCUT2D eigenvalue weighted by Crippen LogP contribution is 2.23. The maximum atomic E-state index is 12.5. The van der Waals surface area contributed by atoms with Crippen molar-refractivity contribution in [3.8, 4) is 0 Å². The van der Waals surface area contributed by atoms with Crippen molar-refractivity contribution in [2.24, 2.45) is 0 Å². The van der Waals surface area contributed by atoms with E-state index in [0.717, 1.165) is 10.9 Å². The molecule has 8 heteroatoms. The number of nitrogens with one attached hydrogen (secondary N) is 2. The van der Waals surface area contributed by atoms with Crippen LogP contribution in [0, 0.1) is 6.92 Å². The minimum atomic E-state index is -3.72. The van der Waals surface area contributed by atoms with E-state index in [1.807, 2.05) is 0 Å². The van der Waals surface area contributed by atoms with Gasteiger partial charge in [-0.05, 0) is 30.3 Å². The molecule has 0 fully saturated rings. The van der Waals surface area contributed by atoms with E-state index in [-0.39, 0.29) is 4.90 Å². The summed E-state index contributed by atoms with van der Waals surface area (Å²) >= 11 is 0. The Kier molecular flexibility index (Phi) is 2.88. The number of hydrogen-bond acceptors (Lipinski definition) is 5. The molecule has 0 saturated heterocycles. The van der Waals surface area contributed by atoms with E-state index in [1.54, 1.807) is 37.4 Å². The third kappa shape index (κ3) is 2.42. The van der Waals surface area contributed by atoms with Crippen LogP contribution in [0.4, 0.5) is 5.69 Å². The SMILES string of the molecule is Cc1nc2ccc(S(=O)(=O)Nc3ccc4cn[nH]c4c3)cc2o1. The van der Waals surface area contributed by atoms with Crippen LogP contribution in [-0.2, 0) is 10.0 Å². The van der Waals surface area contributed by atoms with Gasteiger partial charge < -0.3 is 4.42 Å². The maximum absolute atomic E-state index is 12.5. The Hall–Kier alpha value is -2.87. The van der Waals surface area contributed by atoms with Gasteiger partial charge in [-0.2, -0.15) is 5.10 Å². The first-order chi connectivity index (χ1) is 11.0. The normalized spacial score (nSPS) is 12.0. The first-order valence-electron chi connectivity index (χ1n) is 6.84. The van der Waals surface area contributed by atoms with Crippen molar-refractivity contribution in [3.63, 3.8) is 0 Å². The summed E-state index contributed by atoms with van der Waals surface area (Å²) < 4.78 is 33.0. The summed E-state index contributed by atoms with van der Waals surface area (Å²) in [5, 5.41) is 7.63. The highest BCUT2D eigenvalue weighted by molar-refractivity contribution is 7.92. The van der Waals surface area contributed by atoms with Gasteiger partial charge in [-0.1, -0.05) is 0 Å². The predicted octanol–water partition coefficient (Wildman–Crippen LogP) is 2.81. The quantitative estimate of drug-likeness (QED) is 0.602. The first-order valence-corrected chi connectivity index (χ1v) is 8.33. The number of anilines is 1. The number of H-pyrrole nitrogens is 1. The van der Waals surface area contributed by atoms with Crippen molar-refractivity contribution in [2.75, 3.05) is 4.72 Å². The molecule has 0 unspecified atom stereocenters. The van der Waals surface area contributed by atoms with E-state index in [2.05, 4.69) is 19.9 Å². The van der Waals surface area contributed by atoms with Gasteiger partial charge in [0.15, 0.2) is 11.5 Å². The van der Waals surface area contributed by atoms with E-state index < -0.39 is 10.0 Å². The molecule has 0 aliphatic heterocycles. The number of aromatic amines is 1. The van der Waals surface area contributed by atoms with Crippen LogP contribution in [0.5, 0.6) is 0 Å². The maximum Gasteiger partial charge on any atom is 0.262 e. The molecule has 116 valence electrons. The van der Waals surface area contributed by atoms with Gasteiger partial charge in [0.05, 0.1) is 22.3 Å². The van der Waals surface area contributed by atoms with Crippen LogP contribution in [0.1, 0.15) is 5.89 Å². The highest BCUT2D eigenvalue weighted by atomic mass is 32.2. The molecule has 0 atom stereocenters. The van der Waals surface area contributed by atoms with Crippen molar-refractivity contribution < 1.29 is 12.8 Å². The monoisotopic (exact) mass is 328 g/mol. The zero-order valence-electron chi connectivity index (χ0n) is 12.1. The zero-order chi connectivity index (χ0) is 16.0. The van der Waals surface area contributed by atoms with Crippen LogP contribution in [0.25, 0.3) is 22.0 Å². The summed E-state index contributed by atoms with van der Waals surface area (Å²) in [4.78, 5) is 4.27. The van der Waals surface area contributed by atoms with Crippen LogP contribution in [0.2, 0.25) is 0 Å². The van der Waals surface area contributed by atoms with Gasteiger partial charge in [-0.25, -0.2) is 13.4 Å². The van der Waals surface area contributed by atoms with Gasteiger partial charge in [0.1, 0.15) is 5.52 Å². The fourth-order valence-electron chi connectivity index (χ4n) is 2.40. The molecular formula is C15H12N4O3S. The predicted molar refractivity (Wildman–Crippen MR) is 85.6 cm³/mol. The minimum Gasteiger partial charge on any atom is -0.441 e. The molecule has 0 aliphatic rings. The van der Waals surface area contributed by atoms with E-state index in [0.29, 0.717) is 22.7 Å². The van der Waals surface area contributed by atoms with Crippen molar-refractivity contribution in [1.29, 1.82) is 0 Å². The standard InChI is InChI=1S/C15H12N4O3S/c1-9-17-13-5-4-12(7-15(13)22-9)23(20,21)19-11-3-2-10-8-16-18-14(10)6-11/h2-8,19H,1H3,(H,16,18). The van der Waals surface area contributed by atoms with Crippen LogP contribution in [0.3, 0.4) is 0 Å². The summed E-state index contributed by atoms with van der Waals surface area (Å²) in [6, 6.07) is 9.76. The van der Waals surface area contributed by atoms with E-state index >= 15 is 0 Å². The molecule has 0 amide bonds. The second-order valence-corrected chi connectivity index (χ2v) is 6.82. The van der Waals surface area contributed by atoms with Crippen molar-refractivity contribution in [3.05, 3.63) is 48.5 Å². The molecule has 2 aromatic carbocycles. The molecule has 2 aromatic heterocycles. The molecule has 23 heavy (non-hydrogen) atoms. The second-order valence-electron chi connectivity index (χ2n) is 5.14. The molecule has 2 heterocycles. The smallest absolute Gasteiger partial charge is 0.262 e. The van der Waals surface area contributed by atoms with E-state index in [1.165, 1.54) is 12.1 Å². The number of sulfonamides is 1. The van der Waals surface area contributed by atoms with Gasteiger partial charge in [0.2, 0.25) is 0 Å². The Morgan fingerprint density at radius 2 is 2.04 bits per heavy atom. The lowest BCUT2D eigenvalue weighted by Gasteiger charge is -2.08. The third-order valence-corrected chi connectivity index (χ3v) is 4.85. The number of benzene rings is 2. The van der Waals surface area contributed by atoms with E-state index in [4.69, 9.17) is 4.42 Å². The van der Waals surface area contributed by atoms with Crippen LogP contribution < -0.4 is 4.72 Å². The molecule has 0 bridgehead atoms. The molecule has 0 aliphatic carbocycles. The molecule has 0 saturated carbocycles. The summed E-state index contributed by atoms with van der Waals surface area (Å²) in [5.74, 6) is 0.493. The van der Waals surface area contributed by atoms with Gasteiger partial charge in [0.25, 0.3) is 10.0 Å². The van der Waals surface area contributed by atoms with Gasteiger partial charge >= 0.3 is 0 Å². The molecule has 0 spiro atoms. The first kappa shape index (κ1) is 13.8. The Labute approximate surface area is 131 Å². The van der Waals surface area contributed by atoms with Gasteiger partial charge in [-0.3, -0.25) is 9.82 Å². The van der Waals surface area contributed by atoms with Gasteiger partial charge in [0, 0.05) is 18.4 Å². The zero-order valence-corrected chi connectivity index (χ0v) is 12.9. The lowest BCUT2D eigenvalue weighted by molar-refractivity contribution is 0.559. The van der Waals surface area contributed by atoms with E-state index in [9.17, 15) is 8.42 Å². The average molecular weight is 328 g/mol. The molecule has 0 radical (unpaired) electrons. The lowest BCUT2D eigenvalue weighted by atomic mass is 10.2. The molecule has 4 rings (SSSR count). The lowest BCUT2D eigenvalue weighted by Crippen LogP contribution is -2.12. The summed E-state index contributed by atoms with van der Waals surface area (Å²) in [6.07, 6.45) is 1.67. The molecular weight excluding hydrogens is 316 g/mol. The Morgan fingerprint density at radius 3 is 2.91 bits per heavy atom. The van der Waals surface area contributed by atoms with Crippen LogP contribution in [0.15, 0.2) is 51.9 Å². The number of aromatic nitrogens is 3. The molecule has 7 nitrogen and oxygen atoms in total. The average Bonchev–Trinajstić information content (AvgIpc) is 3.10. The number of aryl methyl sites for hydroxylation is 1. The largest absolute Gasteiger partial charge is 0.441 e. The van der Waals surface area contributed by atoms with Crippen molar-refractivity contribution in [2.45, 2.75) is 11.8 Å². The summed E-state index contributed by atoms with van der Waals surface area (Å²) in [6.45, 7) is 1.71. The molecule has 4 aromatic rings. The minimum absolute atomic E-state index is 0.117. The van der Waals surface area contributed by atoms with Crippen LogP contribution in [-0.4, -0.2) is 23.6 Å². The fourth-order valence-corrected chi connectivity index (χ4v) is 3.47. The number of hydrogen-bond donors (Lipinski definition) is 2. The topological polar surface area (TPSA) is 101 Å². The second kappa shape index (κ2) is 4.82. The number of fused-ring (bicyclic) bond motifs is 2.